The van der Waals surface area contributed by atoms with Gasteiger partial charge in [0.1, 0.15) is 34.8 Å². The van der Waals surface area contributed by atoms with Gasteiger partial charge in [0.05, 0.1) is 5.56 Å². The van der Waals surface area contributed by atoms with Crippen molar-refractivity contribution in [3.05, 3.63) is 63.4 Å². The molecular formula is C14H5BrF5NO. The van der Waals surface area contributed by atoms with Crippen LogP contribution in [-0.4, -0.2) is 0 Å². The summed E-state index contributed by atoms with van der Waals surface area (Å²) >= 11 is 2.76. The number of ether oxygens (including phenoxy) is 1. The molecule has 0 radical (unpaired) electrons. The van der Waals surface area contributed by atoms with E-state index in [1.54, 1.807) is 0 Å². The second-order valence-electron chi connectivity index (χ2n) is 4.12. The minimum absolute atomic E-state index is 0.0635. The van der Waals surface area contributed by atoms with Crippen molar-refractivity contribution >= 4 is 15.9 Å². The van der Waals surface area contributed by atoms with Gasteiger partial charge in [-0.1, -0.05) is 15.9 Å². The molecule has 2 rings (SSSR count). The standard InChI is InChI=1S/C14H5BrF5NO/c15-8-3-11(17)13(12(18)4-8)14(19,20)22-9-2-1-7(6-21)10(16)5-9/h1-5H. The number of rotatable bonds is 3. The molecule has 0 aliphatic carbocycles. The van der Waals surface area contributed by atoms with Gasteiger partial charge in [-0.25, -0.2) is 13.2 Å². The van der Waals surface area contributed by atoms with Crippen LogP contribution in [0.4, 0.5) is 22.0 Å². The zero-order chi connectivity index (χ0) is 16.5. The molecular weight excluding hydrogens is 373 g/mol. The van der Waals surface area contributed by atoms with Crippen LogP contribution >= 0.6 is 15.9 Å². The Morgan fingerprint density at radius 3 is 2.09 bits per heavy atom. The number of nitrogens with zero attached hydrogens (tertiary/aromatic N) is 1. The Hall–Kier alpha value is -2.14. The molecule has 2 aromatic carbocycles. The molecule has 0 bridgehead atoms. The van der Waals surface area contributed by atoms with E-state index in [0.717, 1.165) is 12.1 Å². The average Bonchev–Trinajstić information content (AvgIpc) is 2.36. The van der Waals surface area contributed by atoms with Crippen molar-refractivity contribution < 1.29 is 26.7 Å². The Balaban J connectivity index is 2.40. The Morgan fingerprint density at radius 1 is 1.00 bits per heavy atom. The Kier molecular flexibility index (Phi) is 4.37. The van der Waals surface area contributed by atoms with Crippen molar-refractivity contribution in [1.29, 1.82) is 5.26 Å². The average molecular weight is 378 g/mol. The normalized spacial score (nSPS) is 11.1. The van der Waals surface area contributed by atoms with Gasteiger partial charge >= 0.3 is 6.11 Å². The first-order valence-electron chi connectivity index (χ1n) is 5.66. The van der Waals surface area contributed by atoms with E-state index < -0.39 is 34.9 Å². The van der Waals surface area contributed by atoms with Crippen LogP contribution in [0, 0.1) is 28.8 Å². The number of nitriles is 1. The van der Waals surface area contributed by atoms with E-state index in [0.29, 0.717) is 18.2 Å². The highest BCUT2D eigenvalue weighted by molar-refractivity contribution is 9.10. The van der Waals surface area contributed by atoms with Crippen LogP contribution in [0.3, 0.4) is 0 Å². The Morgan fingerprint density at radius 2 is 1.59 bits per heavy atom. The predicted octanol–water partition coefficient (Wildman–Crippen LogP) is 4.87. The van der Waals surface area contributed by atoms with Crippen LogP contribution in [0.25, 0.3) is 0 Å². The zero-order valence-electron chi connectivity index (χ0n) is 10.5. The van der Waals surface area contributed by atoms with Gasteiger partial charge < -0.3 is 4.74 Å². The number of hydrogen-bond acceptors (Lipinski definition) is 2. The van der Waals surface area contributed by atoms with E-state index in [1.807, 2.05) is 0 Å². The van der Waals surface area contributed by atoms with Crippen LogP contribution in [0.2, 0.25) is 0 Å². The molecule has 0 fully saturated rings. The molecule has 0 unspecified atom stereocenters. The van der Waals surface area contributed by atoms with E-state index in [4.69, 9.17) is 5.26 Å². The van der Waals surface area contributed by atoms with Crippen LogP contribution in [0.5, 0.6) is 5.75 Å². The van der Waals surface area contributed by atoms with Gasteiger partial charge in [0.25, 0.3) is 0 Å². The lowest BCUT2D eigenvalue weighted by molar-refractivity contribution is -0.189. The lowest BCUT2D eigenvalue weighted by Crippen LogP contribution is -2.25. The summed E-state index contributed by atoms with van der Waals surface area (Å²) in [6, 6.07) is 5.13. The first-order valence-corrected chi connectivity index (χ1v) is 6.45. The molecule has 8 heteroatoms. The molecule has 2 aromatic rings. The summed E-state index contributed by atoms with van der Waals surface area (Å²) in [4.78, 5) is 0. The fourth-order valence-electron chi connectivity index (χ4n) is 1.67. The fourth-order valence-corrected chi connectivity index (χ4v) is 2.07. The quantitative estimate of drug-likeness (QED) is 0.715. The maximum atomic E-state index is 13.9. The third-order valence-corrected chi connectivity index (χ3v) is 3.06. The first-order chi connectivity index (χ1) is 10.2. The van der Waals surface area contributed by atoms with E-state index in [9.17, 15) is 22.0 Å². The minimum Gasteiger partial charge on any atom is -0.429 e. The lowest BCUT2D eigenvalue weighted by atomic mass is 10.1. The molecule has 0 heterocycles. The summed E-state index contributed by atoms with van der Waals surface area (Å²) in [7, 11) is 0. The predicted molar refractivity (Wildman–Crippen MR) is 69.7 cm³/mol. The second kappa shape index (κ2) is 5.93. The van der Waals surface area contributed by atoms with E-state index in [-0.39, 0.29) is 10.0 Å². The first kappa shape index (κ1) is 16.2. The monoisotopic (exact) mass is 377 g/mol. The number of benzene rings is 2. The van der Waals surface area contributed by atoms with E-state index >= 15 is 0 Å². The lowest BCUT2D eigenvalue weighted by Gasteiger charge is -2.19. The van der Waals surface area contributed by atoms with Gasteiger partial charge in [0.2, 0.25) is 0 Å². The highest BCUT2D eigenvalue weighted by Crippen LogP contribution is 2.36. The van der Waals surface area contributed by atoms with Gasteiger partial charge in [0.15, 0.2) is 0 Å². The third-order valence-electron chi connectivity index (χ3n) is 2.60. The molecule has 0 amide bonds. The summed E-state index contributed by atoms with van der Waals surface area (Å²) in [5.74, 6) is -4.81. The molecule has 114 valence electrons. The molecule has 0 saturated heterocycles. The van der Waals surface area contributed by atoms with Crippen molar-refractivity contribution in [2.75, 3.05) is 0 Å². The minimum atomic E-state index is -4.37. The molecule has 22 heavy (non-hydrogen) atoms. The van der Waals surface area contributed by atoms with Gasteiger partial charge in [0, 0.05) is 10.5 Å². The van der Waals surface area contributed by atoms with Crippen LogP contribution in [0.15, 0.2) is 34.8 Å². The highest BCUT2D eigenvalue weighted by atomic mass is 79.9. The van der Waals surface area contributed by atoms with Gasteiger partial charge in [-0.3, -0.25) is 0 Å². The zero-order valence-corrected chi connectivity index (χ0v) is 12.1. The maximum Gasteiger partial charge on any atom is 0.432 e. The maximum absolute atomic E-state index is 13.9. The smallest absolute Gasteiger partial charge is 0.429 e. The molecule has 0 atom stereocenters. The summed E-state index contributed by atoms with van der Waals surface area (Å²) < 4.78 is 72.4. The van der Waals surface area contributed by atoms with Gasteiger partial charge in [-0.2, -0.15) is 14.0 Å². The third kappa shape index (κ3) is 3.20. The summed E-state index contributed by atoms with van der Waals surface area (Å²) in [6.07, 6.45) is -4.37. The Bertz CT molecular complexity index is 749. The topological polar surface area (TPSA) is 33.0 Å². The van der Waals surface area contributed by atoms with Crippen molar-refractivity contribution in [3.63, 3.8) is 0 Å². The highest BCUT2D eigenvalue weighted by Gasteiger charge is 2.41. The number of hydrogen-bond donors (Lipinski definition) is 0. The summed E-state index contributed by atoms with van der Waals surface area (Å²) in [6.45, 7) is 0. The SMILES string of the molecule is N#Cc1ccc(OC(F)(F)c2c(F)cc(Br)cc2F)cc1F. The van der Waals surface area contributed by atoms with Crippen molar-refractivity contribution in [2.45, 2.75) is 6.11 Å². The molecule has 2 nitrogen and oxygen atoms in total. The molecule has 0 aliphatic heterocycles. The summed E-state index contributed by atoms with van der Waals surface area (Å²) in [5.41, 5.74) is -1.97. The van der Waals surface area contributed by atoms with Crippen molar-refractivity contribution in [3.8, 4) is 11.8 Å². The largest absolute Gasteiger partial charge is 0.432 e. The molecule has 0 aromatic heterocycles. The molecule has 0 N–H and O–H groups in total. The fraction of sp³-hybridized carbons (Fsp3) is 0.0714. The van der Waals surface area contributed by atoms with Crippen molar-refractivity contribution in [1.82, 2.24) is 0 Å². The van der Waals surface area contributed by atoms with Gasteiger partial charge in [-0.05, 0) is 24.3 Å². The van der Waals surface area contributed by atoms with E-state index in [1.165, 1.54) is 6.07 Å². The number of alkyl halides is 2. The van der Waals surface area contributed by atoms with Crippen LogP contribution in [0.1, 0.15) is 11.1 Å². The van der Waals surface area contributed by atoms with Crippen LogP contribution in [-0.2, 0) is 6.11 Å². The molecule has 0 spiro atoms. The Labute approximate surface area is 129 Å². The second-order valence-corrected chi connectivity index (χ2v) is 5.03. The van der Waals surface area contributed by atoms with Gasteiger partial charge in [-0.15, -0.1) is 0 Å². The van der Waals surface area contributed by atoms with Crippen molar-refractivity contribution in [2.24, 2.45) is 0 Å². The van der Waals surface area contributed by atoms with Crippen LogP contribution < -0.4 is 4.74 Å². The number of halogens is 6. The van der Waals surface area contributed by atoms with E-state index in [2.05, 4.69) is 20.7 Å². The molecule has 0 saturated carbocycles. The summed E-state index contributed by atoms with van der Waals surface area (Å²) in [5, 5.41) is 8.54. The molecule has 0 aliphatic rings.